The average molecular weight is 455 g/mol. The lowest BCUT2D eigenvalue weighted by Gasteiger charge is -2.27. The van der Waals surface area contributed by atoms with Crippen molar-refractivity contribution in [3.8, 4) is 0 Å². The van der Waals surface area contributed by atoms with Crippen LogP contribution in [0.5, 0.6) is 0 Å². The summed E-state index contributed by atoms with van der Waals surface area (Å²) in [5.41, 5.74) is 3.69. The third-order valence-corrected chi connectivity index (χ3v) is 4.45. The molecule has 136 valence electrons. The second kappa shape index (κ2) is 9.07. The lowest BCUT2D eigenvalue weighted by Crippen LogP contribution is -2.43. The lowest BCUT2D eigenvalue weighted by molar-refractivity contribution is 0.391. The van der Waals surface area contributed by atoms with Gasteiger partial charge in [0.25, 0.3) is 0 Å². The van der Waals surface area contributed by atoms with Gasteiger partial charge in [-0.3, -0.25) is 4.99 Å². The van der Waals surface area contributed by atoms with Crippen molar-refractivity contribution in [3.05, 3.63) is 47.9 Å². The predicted octanol–water partition coefficient (Wildman–Crippen LogP) is 2.75. The van der Waals surface area contributed by atoms with E-state index in [1.54, 1.807) is 13.3 Å². The number of nitrogens with zero attached hydrogens (tertiary/aromatic N) is 4. The highest BCUT2D eigenvalue weighted by molar-refractivity contribution is 14.0. The van der Waals surface area contributed by atoms with Gasteiger partial charge in [-0.2, -0.15) is 0 Å². The van der Waals surface area contributed by atoms with Crippen LogP contribution < -0.4 is 10.2 Å². The zero-order valence-corrected chi connectivity index (χ0v) is 17.3. The fraction of sp³-hybridized carbons (Fsp3) is 0.444. The summed E-state index contributed by atoms with van der Waals surface area (Å²) in [5, 5.41) is 7.38. The Kier molecular flexibility index (Phi) is 7.10. The second-order valence-electron chi connectivity index (χ2n) is 6.20. The van der Waals surface area contributed by atoms with Gasteiger partial charge in [0.2, 0.25) is 0 Å². The maximum Gasteiger partial charge on any atom is 0.193 e. The van der Waals surface area contributed by atoms with E-state index in [9.17, 15) is 0 Å². The van der Waals surface area contributed by atoms with Crippen molar-refractivity contribution < 1.29 is 4.52 Å². The van der Waals surface area contributed by atoms with E-state index in [0.717, 1.165) is 31.2 Å². The van der Waals surface area contributed by atoms with Crippen molar-refractivity contribution in [2.24, 2.45) is 4.99 Å². The number of benzene rings is 1. The van der Waals surface area contributed by atoms with Gasteiger partial charge in [-0.1, -0.05) is 23.4 Å². The fourth-order valence-corrected chi connectivity index (χ4v) is 3.28. The minimum absolute atomic E-state index is 0. The van der Waals surface area contributed by atoms with E-state index in [2.05, 4.69) is 51.6 Å². The number of hydrogen-bond acceptors (Lipinski definition) is 4. The quantitative estimate of drug-likeness (QED) is 0.427. The highest BCUT2D eigenvalue weighted by Crippen LogP contribution is 2.31. The third kappa shape index (κ3) is 4.65. The molecule has 2 heterocycles. The van der Waals surface area contributed by atoms with E-state index in [1.807, 2.05) is 18.0 Å². The molecule has 25 heavy (non-hydrogen) atoms. The van der Waals surface area contributed by atoms with Crippen LogP contribution in [0.15, 0.2) is 46.1 Å². The van der Waals surface area contributed by atoms with Gasteiger partial charge < -0.3 is 19.6 Å². The molecule has 0 amide bonds. The molecule has 1 N–H and O–H groups in total. The Bertz CT molecular complexity index is 689. The van der Waals surface area contributed by atoms with Crippen molar-refractivity contribution in [1.82, 2.24) is 15.4 Å². The van der Waals surface area contributed by atoms with Gasteiger partial charge in [-0.15, -0.1) is 24.0 Å². The molecule has 1 aromatic carbocycles. The largest absolute Gasteiger partial charge is 0.367 e. The molecule has 1 aliphatic rings. The van der Waals surface area contributed by atoms with Gasteiger partial charge in [-0.25, -0.2) is 0 Å². The summed E-state index contributed by atoms with van der Waals surface area (Å²) >= 11 is 0. The first-order chi connectivity index (χ1) is 11.7. The van der Waals surface area contributed by atoms with Crippen LogP contribution in [-0.2, 0) is 13.0 Å². The smallest absolute Gasteiger partial charge is 0.193 e. The number of fused-ring (bicyclic) bond motifs is 1. The van der Waals surface area contributed by atoms with E-state index < -0.39 is 0 Å². The normalized spacial score (nSPS) is 16.4. The number of hydrogen-bond donors (Lipinski definition) is 1. The molecule has 6 nitrogen and oxygen atoms in total. The van der Waals surface area contributed by atoms with Gasteiger partial charge in [0.15, 0.2) is 5.96 Å². The number of rotatable bonds is 5. The minimum Gasteiger partial charge on any atom is -0.367 e. The van der Waals surface area contributed by atoms with Crippen molar-refractivity contribution in [2.75, 3.05) is 32.1 Å². The number of guanidine groups is 1. The summed E-state index contributed by atoms with van der Waals surface area (Å²) in [6, 6.07) is 11.1. The van der Waals surface area contributed by atoms with Gasteiger partial charge in [0.05, 0.1) is 6.54 Å². The Hall–Kier alpha value is -1.77. The molecule has 0 saturated heterocycles. The minimum atomic E-state index is 0. The molecular weight excluding hydrogens is 429 g/mol. The van der Waals surface area contributed by atoms with Crippen LogP contribution in [0.25, 0.3) is 0 Å². The van der Waals surface area contributed by atoms with Gasteiger partial charge >= 0.3 is 0 Å². The van der Waals surface area contributed by atoms with Crippen LogP contribution in [-0.4, -0.2) is 49.2 Å². The Balaban J connectivity index is 0.00000225. The maximum absolute atomic E-state index is 4.88. The SMILES string of the molecule is CN=C(NCCN1c2ccccc2CC1C)N(C)Cc1ccon1.I. The van der Waals surface area contributed by atoms with Crippen molar-refractivity contribution in [1.29, 1.82) is 0 Å². The van der Waals surface area contributed by atoms with E-state index in [0.29, 0.717) is 12.6 Å². The van der Waals surface area contributed by atoms with Crippen LogP contribution in [0.4, 0.5) is 5.69 Å². The molecule has 7 heteroatoms. The Labute approximate surface area is 166 Å². The molecule has 0 aliphatic carbocycles. The van der Waals surface area contributed by atoms with E-state index in [-0.39, 0.29) is 24.0 Å². The molecule has 0 spiro atoms. The van der Waals surface area contributed by atoms with E-state index in [4.69, 9.17) is 4.52 Å². The second-order valence-corrected chi connectivity index (χ2v) is 6.20. The van der Waals surface area contributed by atoms with Gasteiger partial charge in [0, 0.05) is 45.0 Å². The van der Waals surface area contributed by atoms with Crippen LogP contribution >= 0.6 is 24.0 Å². The molecule has 1 unspecified atom stereocenters. The van der Waals surface area contributed by atoms with Crippen molar-refractivity contribution in [3.63, 3.8) is 0 Å². The number of anilines is 1. The monoisotopic (exact) mass is 455 g/mol. The number of nitrogens with one attached hydrogen (secondary N) is 1. The summed E-state index contributed by atoms with van der Waals surface area (Å²) < 4.78 is 4.88. The fourth-order valence-electron chi connectivity index (χ4n) is 3.28. The molecule has 1 atom stereocenters. The molecule has 2 aromatic rings. The maximum atomic E-state index is 4.88. The predicted molar refractivity (Wildman–Crippen MR) is 112 cm³/mol. The molecule has 0 bridgehead atoms. The Morgan fingerprint density at radius 1 is 1.40 bits per heavy atom. The standard InChI is InChI=1S/C18H25N5O.HI/c1-14-12-15-6-4-5-7-17(15)23(14)10-9-20-18(19-2)22(3)13-16-8-11-24-21-16;/h4-8,11,14H,9-10,12-13H2,1-3H3,(H,19,20);1H. The Morgan fingerprint density at radius 3 is 2.92 bits per heavy atom. The summed E-state index contributed by atoms with van der Waals surface area (Å²) in [7, 11) is 3.80. The molecule has 0 radical (unpaired) electrons. The molecule has 3 rings (SSSR count). The van der Waals surface area contributed by atoms with Gasteiger partial charge in [-0.05, 0) is 25.0 Å². The Morgan fingerprint density at radius 2 is 2.20 bits per heavy atom. The number of aliphatic imine (C=N–C) groups is 1. The highest BCUT2D eigenvalue weighted by atomic mass is 127. The first-order valence-electron chi connectivity index (χ1n) is 8.34. The molecule has 1 aliphatic heterocycles. The van der Waals surface area contributed by atoms with Crippen LogP contribution in [0.1, 0.15) is 18.2 Å². The van der Waals surface area contributed by atoms with Crippen molar-refractivity contribution in [2.45, 2.75) is 25.9 Å². The van der Waals surface area contributed by atoms with Crippen molar-refractivity contribution >= 4 is 35.6 Å². The average Bonchev–Trinajstić information content (AvgIpc) is 3.19. The number of para-hydroxylation sites is 1. The van der Waals surface area contributed by atoms with Crippen LogP contribution in [0.3, 0.4) is 0 Å². The number of aromatic nitrogens is 1. The summed E-state index contributed by atoms with van der Waals surface area (Å²) in [4.78, 5) is 8.86. The third-order valence-electron chi connectivity index (χ3n) is 4.45. The molecule has 1 aromatic heterocycles. The molecule has 0 fully saturated rings. The molecular formula is C18H26IN5O. The lowest BCUT2D eigenvalue weighted by atomic mass is 10.1. The zero-order valence-electron chi connectivity index (χ0n) is 15.0. The van der Waals surface area contributed by atoms with E-state index in [1.165, 1.54) is 11.3 Å². The summed E-state index contributed by atoms with van der Waals surface area (Å²) in [6.45, 7) is 4.74. The summed E-state index contributed by atoms with van der Waals surface area (Å²) in [6.07, 6.45) is 2.71. The molecule has 0 saturated carbocycles. The van der Waals surface area contributed by atoms with E-state index >= 15 is 0 Å². The number of halogens is 1. The first-order valence-corrected chi connectivity index (χ1v) is 8.34. The van der Waals surface area contributed by atoms with Crippen LogP contribution in [0, 0.1) is 0 Å². The van der Waals surface area contributed by atoms with Gasteiger partial charge in [0.1, 0.15) is 12.0 Å². The zero-order chi connectivity index (χ0) is 16.9. The van der Waals surface area contributed by atoms with Crippen LogP contribution in [0.2, 0.25) is 0 Å². The highest BCUT2D eigenvalue weighted by Gasteiger charge is 2.24. The first kappa shape index (κ1) is 19.6. The summed E-state index contributed by atoms with van der Waals surface area (Å²) in [5.74, 6) is 0.859. The topological polar surface area (TPSA) is 56.9 Å².